The van der Waals surface area contributed by atoms with E-state index in [1.165, 1.54) is 0 Å². The Kier molecular flexibility index (Phi) is 3.54. The largest absolute Gasteiger partial charge is 0.349 e. The molecule has 4 rings (SSSR count). The predicted octanol–water partition coefficient (Wildman–Crippen LogP) is 2.71. The first kappa shape index (κ1) is 14.8. The molecular weight excluding hydrogens is 326 g/mol. The molecule has 0 saturated carbocycles. The van der Waals surface area contributed by atoms with E-state index < -0.39 is 0 Å². The van der Waals surface area contributed by atoms with Gasteiger partial charge in [-0.15, -0.1) is 0 Å². The van der Waals surface area contributed by atoms with Crippen LogP contribution in [0, 0.1) is 6.92 Å². The molecule has 0 fully saturated rings. The summed E-state index contributed by atoms with van der Waals surface area (Å²) < 4.78 is 1.70. The van der Waals surface area contributed by atoms with E-state index in [2.05, 4.69) is 20.4 Å². The SMILES string of the molecule is Cc1ccc(-c2nccc(-c3cc4n(n3)CCNC4=O)n2)c(Cl)c1. The van der Waals surface area contributed by atoms with E-state index in [1.54, 1.807) is 23.0 Å². The van der Waals surface area contributed by atoms with Crippen LogP contribution < -0.4 is 5.32 Å². The van der Waals surface area contributed by atoms with Crippen molar-refractivity contribution in [3.8, 4) is 22.8 Å². The van der Waals surface area contributed by atoms with Gasteiger partial charge in [0.1, 0.15) is 11.4 Å². The van der Waals surface area contributed by atoms with Crippen LogP contribution in [0.3, 0.4) is 0 Å². The summed E-state index contributed by atoms with van der Waals surface area (Å²) in [5.41, 5.74) is 3.70. The third kappa shape index (κ3) is 2.55. The van der Waals surface area contributed by atoms with Crippen molar-refractivity contribution in [3.05, 3.63) is 52.8 Å². The van der Waals surface area contributed by atoms with E-state index >= 15 is 0 Å². The van der Waals surface area contributed by atoms with Crippen LogP contribution in [0.25, 0.3) is 22.8 Å². The van der Waals surface area contributed by atoms with Gasteiger partial charge in [0.05, 0.1) is 17.3 Å². The van der Waals surface area contributed by atoms with Crippen molar-refractivity contribution in [2.75, 3.05) is 6.54 Å². The minimum atomic E-state index is -0.115. The van der Waals surface area contributed by atoms with Crippen LogP contribution >= 0.6 is 11.6 Å². The van der Waals surface area contributed by atoms with Gasteiger partial charge in [-0.25, -0.2) is 9.97 Å². The molecule has 7 heteroatoms. The first-order chi connectivity index (χ1) is 11.6. The summed E-state index contributed by atoms with van der Waals surface area (Å²) in [4.78, 5) is 20.8. The fourth-order valence-electron chi connectivity index (χ4n) is 2.69. The highest BCUT2D eigenvalue weighted by Gasteiger charge is 2.20. The zero-order valence-corrected chi connectivity index (χ0v) is 13.7. The lowest BCUT2D eigenvalue weighted by molar-refractivity contribution is 0.0924. The molecule has 0 bridgehead atoms. The van der Waals surface area contributed by atoms with E-state index in [1.807, 2.05) is 25.1 Å². The Morgan fingerprint density at radius 2 is 2.08 bits per heavy atom. The Morgan fingerprint density at radius 3 is 2.88 bits per heavy atom. The molecule has 3 heterocycles. The molecule has 0 unspecified atom stereocenters. The van der Waals surface area contributed by atoms with Crippen molar-refractivity contribution in [3.63, 3.8) is 0 Å². The van der Waals surface area contributed by atoms with Crippen LogP contribution in [-0.4, -0.2) is 32.2 Å². The molecule has 1 amide bonds. The molecule has 0 radical (unpaired) electrons. The van der Waals surface area contributed by atoms with Crippen molar-refractivity contribution in [1.82, 2.24) is 25.1 Å². The minimum Gasteiger partial charge on any atom is -0.349 e. The second kappa shape index (κ2) is 5.72. The maximum Gasteiger partial charge on any atom is 0.269 e. The van der Waals surface area contributed by atoms with Crippen LogP contribution in [0.2, 0.25) is 5.02 Å². The van der Waals surface area contributed by atoms with Crippen LogP contribution in [0.15, 0.2) is 36.5 Å². The van der Waals surface area contributed by atoms with Crippen molar-refractivity contribution < 1.29 is 4.79 Å². The number of benzene rings is 1. The quantitative estimate of drug-likeness (QED) is 0.779. The topological polar surface area (TPSA) is 72.7 Å². The Balaban J connectivity index is 1.77. The van der Waals surface area contributed by atoms with Gasteiger partial charge in [0.25, 0.3) is 5.91 Å². The van der Waals surface area contributed by atoms with Gasteiger partial charge in [0, 0.05) is 18.3 Å². The molecule has 1 aliphatic heterocycles. The van der Waals surface area contributed by atoms with E-state index in [9.17, 15) is 4.79 Å². The minimum absolute atomic E-state index is 0.115. The standard InChI is InChI=1S/C17H14ClN5O/c1-10-2-3-11(12(18)8-10)16-19-5-4-13(21-16)14-9-15-17(24)20-6-7-23(15)22-14/h2-5,8-9H,6-7H2,1H3,(H,20,24). The van der Waals surface area contributed by atoms with Crippen LogP contribution in [0.4, 0.5) is 0 Å². The summed E-state index contributed by atoms with van der Waals surface area (Å²) in [6.07, 6.45) is 1.67. The summed E-state index contributed by atoms with van der Waals surface area (Å²) in [5, 5.41) is 7.89. The summed E-state index contributed by atoms with van der Waals surface area (Å²) >= 11 is 6.31. The first-order valence-corrected chi connectivity index (χ1v) is 7.95. The fraction of sp³-hybridized carbons (Fsp3) is 0.176. The average molecular weight is 340 g/mol. The van der Waals surface area contributed by atoms with E-state index in [4.69, 9.17) is 11.6 Å². The molecule has 120 valence electrons. The zero-order valence-electron chi connectivity index (χ0n) is 13.0. The lowest BCUT2D eigenvalue weighted by atomic mass is 10.1. The molecule has 6 nitrogen and oxygen atoms in total. The van der Waals surface area contributed by atoms with Gasteiger partial charge in [-0.2, -0.15) is 5.10 Å². The van der Waals surface area contributed by atoms with Crippen LogP contribution in [0.5, 0.6) is 0 Å². The Hall–Kier alpha value is -2.73. The first-order valence-electron chi connectivity index (χ1n) is 7.58. The Labute approximate surface area is 143 Å². The highest BCUT2D eigenvalue weighted by atomic mass is 35.5. The van der Waals surface area contributed by atoms with Crippen molar-refractivity contribution in [2.45, 2.75) is 13.5 Å². The molecular formula is C17H14ClN5O. The van der Waals surface area contributed by atoms with Crippen LogP contribution in [0.1, 0.15) is 16.1 Å². The summed E-state index contributed by atoms with van der Waals surface area (Å²) in [7, 11) is 0. The lowest BCUT2D eigenvalue weighted by Gasteiger charge is -2.13. The maximum atomic E-state index is 11.9. The van der Waals surface area contributed by atoms with Gasteiger partial charge in [0.15, 0.2) is 5.82 Å². The number of aryl methyl sites for hydroxylation is 1. The third-order valence-corrected chi connectivity index (χ3v) is 4.22. The number of amides is 1. The zero-order chi connectivity index (χ0) is 16.7. The van der Waals surface area contributed by atoms with Gasteiger partial charge in [-0.05, 0) is 36.8 Å². The van der Waals surface area contributed by atoms with Crippen molar-refractivity contribution in [2.24, 2.45) is 0 Å². The van der Waals surface area contributed by atoms with E-state index in [0.29, 0.717) is 41.0 Å². The summed E-state index contributed by atoms with van der Waals surface area (Å²) in [6.45, 7) is 3.22. The highest BCUT2D eigenvalue weighted by molar-refractivity contribution is 6.33. The number of carbonyl (C=O) groups excluding carboxylic acids is 1. The highest BCUT2D eigenvalue weighted by Crippen LogP contribution is 2.27. The smallest absolute Gasteiger partial charge is 0.269 e. The van der Waals surface area contributed by atoms with Crippen LogP contribution in [-0.2, 0) is 6.54 Å². The molecule has 0 saturated heterocycles. The molecule has 0 atom stereocenters. The third-order valence-electron chi connectivity index (χ3n) is 3.91. The second-order valence-corrected chi connectivity index (χ2v) is 6.05. The molecule has 1 N–H and O–H groups in total. The number of nitrogens with one attached hydrogen (secondary N) is 1. The average Bonchev–Trinajstić information content (AvgIpc) is 3.01. The molecule has 0 spiro atoms. The predicted molar refractivity (Wildman–Crippen MR) is 90.8 cm³/mol. The molecule has 24 heavy (non-hydrogen) atoms. The Bertz CT molecular complexity index is 950. The Morgan fingerprint density at radius 1 is 1.21 bits per heavy atom. The molecule has 1 aromatic carbocycles. The number of hydrogen-bond acceptors (Lipinski definition) is 4. The van der Waals surface area contributed by atoms with Crippen molar-refractivity contribution in [1.29, 1.82) is 0 Å². The van der Waals surface area contributed by atoms with Gasteiger partial charge >= 0.3 is 0 Å². The fourth-order valence-corrected chi connectivity index (χ4v) is 3.01. The second-order valence-electron chi connectivity index (χ2n) is 5.64. The summed E-state index contributed by atoms with van der Waals surface area (Å²) in [5.74, 6) is 0.420. The van der Waals surface area contributed by atoms with E-state index in [0.717, 1.165) is 11.1 Å². The van der Waals surface area contributed by atoms with Gasteiger partial charge < -0.3 is 5.32 Å². The number of hydrogen-bond donors (Lipinski definition) is 1. The van der Waals surface area contributed by atoms with E-state index in [-0.39, 0.29) is 5.91 Å². The number of aromatic nitrogens is 4. The van der Waals surface area contributed by atoms with Gasteiger partial charge in [0.2, 0.25) is 0 Å². The summed E-state index contributed by atoms with van der Waals surface area (Å²) in [6, 6.07) is 9.28. The molecule has 3 aromatic rings. The lowest BCUT2D eigenvalue weighted by Crippen LogP contribution is -2.35. The van der Waals surface area contributed by atoms with Gasteiger partial charge in [-0.1, -0.05) is 17.7 Å². The normalized spacial score (nSPS) is 13.5. The van der Waals surface area contributed by atoms with Gasteiger partial charge in [-0.3, -0.25) is 9.48 Å². The number of nitrogens with zero attached hydrogens (tertiary/aromatic N) is 4. The maximum absolute atomic E-state index is 11.9. The number of halogens is 1. The van der Waals surface area contributed by atoms with Crippen molar-refractivity contribution >= 4 is 17.5 Å². The number of carbonyl (C=O) groups is 1. The molecule has 1 aliphatic rings. The molecule has 2 aromatic heterocycles. The molecule has 0 aliphatic carbocycles. The number of fused-ring (bicyclic) bond motifs is 1. The monoisotopic (exact) mass is 339 g/mol. The number of rotatable bonds is 2.